The number of piperidine rings is 1. The third-order valence-corrected chi connectivity index (χ3v) is 5.83. The van der Waals surface area contributed by atoms with Crippen LogP contribution in [-0.2, 0) is 4.79 Å². The van der Waals surface area contributed by atoms with E-state index in [1.807, 2.05) is 60.4 Å². The van der Waals surface area contributed by atoms with E-state index in [-0.39, 0.29) is 11.8 Å². The third-order valence-electron chi connectivity index (χ3n) is 5.83. The Morgan fingerprint density at radius 2 is 1.62 bits per heavy atom. The van der Waals surface area contributed by atoms with Crippen LogP contribution < -0.4 is 10.6 Å². The van der Waals surface area contributed by atoms with Crippen LogP contribution in [0.3, 0.4) is 0 Å². The lowest BCUT2D eigenvalue weighted by Crippen LogP contribution is -2.63. The minimum atomic E-state index is -0.510. The molecule has 2 amide bonds. The predicted molar refractivity (Wildman–Crippen MR) is 108 cm³/mol. The molecule has 0 radical (unpaired) electrons. The fraction of sp³-hybridized carbons (Fsp3) is 0.333. The van der Waals surface area contributed by atoms with Gasteiger partial charge in [0.15, 0.2) is 0 Å². The molecule has 2 aliphatic heterocycles. The molecule has 0 unspecified atom stereocenters. The number of likely N-dealkylation sites (tertiary alicyclic amines) is 1. The SMILES string of the molecule is C[C@H](C(=O)N1CCC2(CC1)NC(=O)c1ccccc1N2)n1nc2ccccc2n1. The first-order valence-electron chi connectivity index (χ1n) is 9.85. The monoisotopic (exact) mass is 390 g/mol. The molecule has 2 aromatic carbocycles. The Morgan fingerprint density at radius 3 is 2.31 bits per heavy atom. The lowest BCUT2D eigenvalue weighted by Gasteiger charge is -2.46. The molecule has 1 atom stereocenters. The smallest absolute Gasteiger partial charge is 0.255 e. The van der Waals surface area contributed by atoms with E-state index in [0.717, 1.165) is 16.7 Å². The molecule has 0 saturated carbocycles. The second-order valence-electron chi connectivity index (χ2n) is 7.72. The largest absolute Gasteiger partial charge is 0.362 e. The van der Waals surface area contributed by atoms with E-state index in [1.165, 1.54) is 4.80 Å². The van der Waals surface area contributed by atoms with Crippen molar-refractivity contribution in [2.75, 3.05) is 18.4 Å². The first-order chi connectivity index (χ1) is 14.0. The highest BCUT2D eigenvalue weighted by Crippen LogP contribution is 2.31. The number of hydrogen-bond donors (Lipinski definition) is 2. The Hall–Kier alpha value is -3.42. The number of carbonyl (C=O) groups is 2. The molecule has 2 aliphatic rings. The molecule has 3 heterocycles. The Morgan fingerprint density at radius 1 is 1.00 bits per heavy atom. The Kier molecular flexibility index (Phi) is 4.01. The van der Waals surface area contributed by atoms with Crippen LogP contribution in [0.15, 0.2) is 48.5 Å². The predicted octanol–water partition coefficient (Wildman–Crippen LogP) is 2.17. The van der Waals surface area contributed by atoms with Gasteiger partial charge in [-0.2, -0.15) is 15.0 Å². The number of benzene rings is 2. The Bertz CT molecular complexity index is 1070. The number of para-hydroxylation sites is 1. The van der Waals surface area contributed by atoms with Gasteiger partial charge in [0.2, 0.25) is 5.91 Å². The number of amides is 2. The van der Waals surface area contributed by atoms with Crippen LogP contribution in [0.5, 0.6) is 0 Å². The summed E-state index contributed by atoms with van der Waals surface area (Å²) >= 11 is 0. The number of aromatic nitrogens is 3. The van der Waals surface area contributed by atoms with Crippen molar-refractivity contribution in [3.05, 3.63) is 54.1 Å². The average molecular weight is 390 g/mol. The van der Waals surface area contributed by atoms with Gasteiger partial charge in [0.05, 0.1) is 5.56 Å². The fourth-order valence-corrected chi connectivity index (χ4v) is 4.14. The summed E-state index contributed by atoms with van der Waals surface area (Å²) in [6, 6.07) is 14.6. The summed E-state index contributed by atoms with van der Waals surface area (Å²) < 4.78 is 0. The van der Waals surface area contributed by atoms with Crippen LogP contribution in [0, 0.1) is 0 Å². The summed E-state index contributed by atoms with van der Waals surface area (Å²) in [4.78, 5) is 28.9. The van der Waals surface area contributed by atoms with Crippen LogP contribution in [0.4, 0.5) is 5.69 Å². The van der Waals surface area contributed by atoms with Gasteiger partial charge in [-0.3, -0.25) is 9.59 Å². The standard InChI is InChI=1S/C21H22N6O2/c1-14(27-24-17-8-4-5-9-18(17)25-27)20(29)26-12-10-21(11-13-26)22-16-7-3-2-6-15(16)19(28)23-21/h2-9,14,22H,10-13H2,1H3,(H,23,28)/t14-/m1/s1. The number of hydrogen-bond acceptors (Lipinski definition) is 5. The van der Waals surface area contributed by atoms with E-state index < -0.39 is 11.7 Å². The number of anilines is 1. The molecule has 1 fully saturated rings. The summed E-state index contributed by atoms with van der Waals surface area (Å²) in [6.45, 7) is 2.93. The second kappa shape index (κ2) is 6.58. The summed E-state index contributed by atoms with van der Waals surface area (Å²) in [5.74, 6) is -0.0809. The molecule has 29 heavy (non-hydrogen) atoms. The van der Waals surface area contributed by atoms with Gasteiger partial charge in [0.25, 0.3) is 5.91 Å². The zero-order valence-electron chi connectivity index (χ0n) is 16.1. The zero-order chi connectivity index (χ0) is 20.0. The molecule has 148 valence electrons. The van der Waals surface area contributed by atoms with Crippen LogP contribution in [0.2, 0.25) is 0 Å². The van der Waals surface area contributed by atoms with E-state index in [0.29, 0.717) is 31.5 Å². The molecule has 1 spiro atoms. The zero-order valence-corrected chi connectivity index (χ0v) is 16.1. The molecule has 2 N–H and O–H groups in total. The van der Waals surface area contributed by atoms with E-state index in [4.69, 9.17) is 0 Å². The van der Waals surface area contributed by atoms with Gasteiger partial charge >= 0.3 is 0 Å². The van der Waals surface area contributed by atoms with Gasteiger partial charge < -0.3 is 15.5 Å². The molecule has 0 aliphatic carbocycles. The number of nitrogens with one attached hydrogen (secondary N) is 2. The van der Waals surface area contributed by atoms with Crippen molar-refractivity contribution in [2.24, 2.45) is 0 Å². The Labute approximate surface area is 167 Å². The van der Waals surface area contributed by atoms with Crippen LogP contribution in [0.25, 0.3) is 11.0 Å². The van der Waals surface area contributed by atoms with Gasteiger partial charge in [-0.25, -0.2) is 0 Å². The third kappa shape index (κ3) is 3.00. The van der Waals surface area contributed by atoms with Crippen molar-refractivity contribution in [2.45, 2.75) is 31.5 Å². The average Bonchev–Trinajstić information content (AvgIpc) is 3.17. The maximum atomic E-state index is 13.0. The van der Waals surface area contributed by atoms with E-state index in [2.05, 4.69) is 20.8 Å². The summed E-state index contributed by atoms with van der Waals surface area (Å²) in [5, 5.41) is 15.5. The molecule has 8 nitrogen and oxygen atoms in total. The van der Waals surface area contributed by atoms with E-state index in [9.17, 15) is 9.59 Å². The lowest BCUT2D eigenvalue weighted by atomic mass is 9.92. The van der Waals surface area contributed by atoms with Crippen LogP contribution in [0.1, 0.15) is 36.2 Å². The Balaban J connectivity index is 1.29. The number of rotatable bonds is 2. The molecule has 8 heteroatoms. The van der Waals surface area contributed by atoms with Crippen molar-refractivity contribution < 1.29 is 9.59 Å². The highest BCUT2D eigenvalue weighted by atomic mass is 16.2. The first kappa shape index (κ1) is 17.7. The number of nitrogens with zero attached hydrogens (tertiary/aromatic N) is 4. The second-order valence-corrected chi connectivity index (χ2v) is 7.72. The molecule has 1 saturated heterocycles. The highest BCUT2D eigenvalue weighted by Gasteiger charge is 2.41. The maximum absolute atomic E-state index is 13.0. The maximum Gasteiger partial charge on any atom is 0.255 e. The van der Waals surface area contributed by atoms with Crippen molar-refractivity contribution in [1.82, 2.24) is 25.2 Å². The summed E-state index contributed by atoms with van der Waals surface area (Å²) in [5.41, 5.74) is 2.54. The van der Waals surface area contributed by atoms with Crippen LogP contribution in [-0.4, -0.2) is 50.5 Å². The first-order valence-corrected chi connectivity index (χ1v) is 9.85. The van der Waals surface area contributed by atoms with Crippen molar-refractivity contribution in [3.8, 4) is 0 Å². The quantitative estimate of drug-likeness (QED) is 0.700. The van der Waals surface area contributed by atoms with E-state index >= 15 is 0 Å². The van der Waals surface area contributed by atoms with Crippen molar-refractivity contribution >= 4 is 28.5 Å². The van der Waals surface area contributed by atoms with Gasteiger partial charge in [-0.1, -0.05) is 24.3 Å². The molecule has 3 aromatic rings. The molecule has 1 aromatic heterocycles. The molecular formula is C21H22N6O2. The van der Waals surface area contributed by atoms with Gasteiger partial charge in [0.1, 0.15) is 22.7 Å². The minimum Gasteiger partial charge on any atom is -0.362 e. The fourth-order valence-electron chi connectivity index (χ4n) is 4.14. The van der Waals surface area contributed by atoms with Gasteiger partial charge in [-0.15, -0.1) is 0 Å². The van der Waals surface area contributed by atoms with E-state index in [1.54, 1.807) is 0 Å². The molecule has 5 rings (SSSR count). The summed E-state index contributed by atoms with van der Waals surface area (Å²) in [7, 11) is 0. The summed E-state index contributed by atoms with van der Waals surface area (Å²) in [6.07, 6.45) is 1.28. The van der Waals surface area contributed by atoms with Gasteiger partial charge in [-0.05, 0) is 31.2 Å². The minimum absolute atomic E-state index is 0.0114. The highest BCUT2D eigenvalue weighted by molar-refractivity contribution is 6.02. The normalized spacial score (nSPS) is 18.8. The number of fused-ring (bicyclic) bond motifs is 2. The topological polar surface area (TPSA) is 92.2 Å². The van der Waals surface area contributed by atoms with Crippen molar-refractivity contribution in [1.29, 1.82) is 0 Å². The van der Waals surface area contributed by atoms with Gasteiger partial charge in [0, 0.05) is 31.6 Å². The van der Waals surface area contributed by atoms with Crippen LogP contribution >= 0.6 is 0 Å². The lowest BCUT2D eigenvalue weighted by molar-refractivity contribution is -0.136. The molecule has 0 bridgehead atoms. The number of carbonyl (C=O) groups excluding carboxylic acids is 2. The molecular weight excluding hydrogens is 368 g/mol. The van der Waals surface area contributed by atoms with Crippen molar-refractivity contribution in [3.63, 3.8) is 0 Å².